The first-order valence-electron chi connectivity index (χ1n) is 4.82. The van der Waals surface area contributed by atoms with Crippen molar-refractivity contribution in [1.82, 2.24) is 4.98 Å². The van der Waals surface area contributed by atoms with E-state index in [2.05, 4.69) is 4.98 Å². The van der Waals surface area contributed by atoms with Crippen LogP contribution < -0.4 is 16.4 Å². The number of carbonyl (C=O) groups is 1. The van der Waals surface area contributed by atoms with Crippen molar-refractivity contribution in [1.29, 1.82) is 0 Å². The normalized spacial score (nSPS) is 10.6. The molecule has 0 aliphatic rings. The van der Waals surface area contributed by atoms with E-state index in [0.717, 1.165) is 15.9 Å². The van der Waals surface area contributed by atoms with E-state index in [0.29, 0.717) is 13.1 Å². The maximum absolute atomic E-state index is 11.2. The number of hydrogen-bond donors (Lipinski definition) is 2. The molecule has 1 heterocycles. The molecule has 2 rings (SSSR count). The van der Waals surface area contributed by atoms with E-state index >= 15 is 0 Å². The van der Waals surface area contributed by atoms with Crippen molar-refractivity contribution < 1.29 is 4.79 Å². The van der Waals surface area contributed by atoms with Crippen molar-refractivity contribution in [3.05, 3.63) is 23.7 Å². The molecule has 4 N–H and O–H groups in total. The average molecular weight is 236 g/mol. The smallest absolute Gasteiger partial charge is 0.319 e. The van der Waals surface area contributed by atoms with Gasteiger partial charge in [-0.1, -0.05) is 0 Å². The van der Waals surface area contributed by atoms with E-state index in [1.54, 1.807) is 16.8 Å². The first kappa shape index (κ1) is 10.8. The van der Waals surface area contributed by atoms with Crippen LogP contribution in [0.4, 0.5) is 10.5 Å². The summed E-state index contributed by atoms with van der Waals surface area (Å²) >= 11 is 1.56. The number of thiazole rings is 1. The van der Waals surface area contributed by atoms with Crippen molar-refractivity contribution in [3.63, 3.8) is 0 Å². The fourth-order valence-corrected chi connectivity index (χ4v) is 2.17. The highest BCUT2D eigenvalue weighted by Gasteiger charge is 2.12. The molecule has 0 saturated heterocycles. The number of rotatable bonds is 3. The number of urea groups is 1. The lowest BCUT2D eigenvalue weighted by atomic mass is 10.2. The number of fused-ring (bicyclic) bond motifs is 1. The van der Waals surface area contributed by atoms with Gasteiger partial charge in [0.25, 0.3) is 0 Å². The number of carbonyl (C=O) groups excluding carboxylic acids is 1. The van der Waals surface area contributed by atoms with Crippen LogP contribution in [0.15, 0.2) is 23.7 Å². The van der Waals surface area contributed by atoms with Crippen LogP contribution in [0, 0.1) is 0 Å². The molecule has 16 heavy (non-hydrogen) atoms. The van der Waals surface area contributed by atoms with E-state index in [9.17, 15) is 4.79 Å². The second-order valence-electron chi connectivity index (χ2n) is 3.28. The predicted molar refractivity (Wildman–Crippen MR) is 65.6 cm³/mol. The molecule has 84 valence electrons. The summed E-state index contributed by atoms with van der Waals surface area (Å²) in [5, 5.41) is 0. The lowest BCUT2D eigenvalue weighted by Crippen LogP contribution is -2.39. The minimum absolute atomic E-state index is 0.373. The quantitative estimate of drug-likeness (QED) is 0.838. The van der Waals surface area contributed by atoms with Crippen LogP contribution in [0.3, 0.4) is 0 Å². The zero-order valence-electron chi connectivity index (χ0n) is 8.59. The van der Waals surface area contributed by atoms with Gasteiger partial charge in [0.2, 0.25) is 0 Å². The molecule has 5 nitrogen and oxygen atoms in total. The van der Waals surface area contributed by atoms with Gasteiger partial charge in [0.05, 0.1) is 15.7 Å². The summed E-state index contributed by atoms with van der Waals surface area (Å²) in [6, 6.07) is 5.11. The number of primary amides is 1. The monoisotopic (exact) mass is 236 g/mol. The highest BCUT2D eigenvalue weighted by molar-refractivity contribution is 7.16. The number of nitrogens with two attached hydrogens (primary N) is 2. The molecule has 6 heteroatoms. The second kappa shape index (κ2) is 4.46. The maximum Gasteiger partial charge on any atom is 0.319 e. The Morgan fingerprint density at radius 3 is 3.00 bits per heavy atom. The van der Waals surface area contributed by atoms with E-state index in [4.69, 9.17) is 11.5 Å². The molecule has 0 saturated carbocycles. The number of aromatic nitrogens is 1. The van der Waals surface area contributed by atoms with Gasteiger partial charge in [-0.3, -0.25) is 4.90 Å². The SMILES string of the molecule is NCCN(C(N)=O)c1ccc2scnc2c1. The molecule has 0 spiro atoms. The Bertz CT molecular complexity index is 510. The summed E-state index contributed by atoms with van der Waals surface area (Å²) in [4.78, 5) is 16.9. The van der Waals surface area contributed by atoms with Crippen LogP contribution in [0.5, 0.6) is 0 Å². The minimum atomic E-state index is -0.500. The molecule has 1 aromatic heterocycles. The number of hydrogen-bond acceptors (Lipinski definition) is 4. The van der Waals surface area contributed by atoms with Gasteiger partial charge in [-0.15, -0.1) is 11.3 Å². The van der Waals surface area contributed by atoms with E-state index < -0.39 is 6.03 Å². The lowest BCUT2D eigenvalue weighted by Gasteiger charge is -2.19. The highest BCUT2D eigenvalue weighted by atomic mass is 32.1. The third-order valence-electron chi connectivity index (χ3n) is 2.24. The largest absolute Gasteiger partial charge is 0.351 e. The first-order chi connectivity index (χ1) is 7.72. The Morgan fingerprint density at radius 2 is 2.31 bits per heavy atom. The van der Waals surface area contributed by atoms with Crippen molar-refractivity contribution in [2.75, 3.05) is 18.0 Å². The van der Waals surface area contributed by atoms with Crippen LogP contribution in [0.2, 0.25) is 0 Å². The standard InChI is InChI=1S/C10H12N4OS/c11-3-4-14(10(12)15)7-1-2-9-8(5-7)13-6-16-9/h1-2,5-6H,3-4,11H2,(H2,12,15). The molecule has 0 unspecified atom stereocenters. The third kappa shape index (κ3) is 1.98. The summed E-state index contributed by atoms with van der Waals surface area (Å²) in [5.41, 5.74) is 14.1. The molecule has 1 aromatic carbocycles. The average Bonchev–Trinajstić information content (AvgIpc) is 2.72. The zero-order valence-corrected chi connectivity index (χ0v) is 9.41. The molecule has 0 bridgehead atoms. The van der Waals surface area contributed by atoms with Gasteiger partial charge in [0.1, 0.15) is 0 Å². The summed E-state index contributed by atoms with van der Waals surface area (Å²) in [6.45, 7) is 0.781. The van der Waals surface area contributed by atoms with E-state index in [1.165, 1.54) is 4.90 Å². The molecular formula is C10H12N4OS. The van der Waals surface area contributed by atoms with Gasteiger partial charge in [-0.25, -0.2) is 9.78 Å². The summed E-state index contributed by atoms with van der Waals surface area (Å²) < 4.78 is 1.08. The first-order valence-corrected chi connectivity index (χ1v) is 5.70. The third-order valence-corrected chi connectivity index (χ3v) is 3.05. The second-order valence-corrected chi connectivity index (χ2v) is 4.17. The maximum atomic E-state index is 11.2. The van der Waals surface area contributed by atoms with Gasteiger partial charge in [0.15, 0.2) is 0 Å². The van der Waals surface area contributed by atoms with Gasteiger partial charge < -0.3 is 11.5 Å². The molecule has 0 fully saturated rings. The zero-order chi connectivity index (χ0) is 11.5. The van der Waals surface area contributed by atoms with Crippen LogP contribution in [0.25, 0.3) is 10.2 Å². The minimum Gasteiger partial charge on any atom is -0.351 e. The number of benzene rings is 1. The molecule has 0 aliphatic heterocycles. The molecule has 0 radical (unpaired) electrons. The van der Waals surface area contributed by atoms with E-state index in [-0.39, 0.29) is 0 Å². The van der Waals surface area contributed by atoms with Gasteiger partial charge in [-0.05, 0) is 18.2 Å². The van der Waals surface area contributed by atoms with Crippen LogP contribution in [0.1, 0.15) is 0 Å². The molecule has 0 aliphatic carbocycles. The fourth-order valence-electron chi connectivity index (χ4n) is 1.51. The number of amides is 2. The van der Waals surface area contributed by atoms with Gasteiger partial charge >= 0.3 is 6.03 Å². The Balaban J connectivity index is 2.39. The van der Waals surface area contributed by atoms with Crippen LogP contribution in [-0.2, 0) is 0 Å². The molecule has 2 aromatic rings. The molecule has 0 atom stereocenters. The summed E-state index contributed by atoms with van der Waals surface area (Å²) in [6.07, 6.45) is 0. The van der Waals surface area contributed by atoms with Crippen molar-refractivity contribution in [2.45, 2.75) is 0 Å². The van der Waals surface area contributed by atoms with Gasteiger partial charge in [0, 0.05) is 18.8 Å². The number of nitrogens with zero attached hydrogens (tertiary/aromatic N) is 2. The number of anilines is 1. The Morgan fingerprint density at radius 1 is 1.50 bits per heavy atom. The Labute approximate surface area is 96.7 Å². The van der Waals surface area contributed by atoms with Gasteiger partial charge in [-0.2, -0.15) is 0 Å². The van der Waals surface area contributed by atoms with Crippen molar-refractivity contribution >= 4 is 33.3 Å². The predicted octanol–water partition coefficient (Wildman–Crippen LogP) is 1.14. The Hall–Kier alpha value is -1.66. The summed E-state index contributed by atoms with van der Waals surface area (Å²) in [7, 11) is 0. The molecular weight excluding hydrogens is 224 g/mol. The van der Waals surface area contributed by atoms with Crippen LogP contribution >= 0.6 is 11.3 Å². The van der Waals surface area contributed by atoms with E-state index in [1.807, 2.05) is 18.2 Å². The highest BCUT2D eigenvalue weighted by Crippen LogP contribution is 2.23. The van der Waals surface area contributed by atoms with Crippen molar-refractivity contribution in [2.24, 2.45) is 11.5 Å². The summed E-state index contributed by atoms with van der Waals surface area (Å²) in [5.74, 6) is 0. The van der Waals surface area contributed by atoms with Crippen LogP contribution in [-0.4, -0.2) is 24.1 Å². The fraction of sp³-hybridized carbons (Fsp3) is 0.200. The topological polar surface area (TPSA) is 85.2 Å². The Kier molecular flexibility index (Phi) is 3.02. The lowest BCUT2D eigenvalue weighted by molar-refractivity contribution is 0.254. The van der Waals surface area contributed by atoms with Crippen molar-refractivity contribution in [3.8, 4) is 0 Å². The molecule has 2 amide bonds.